The first-order valence-corrected chi connectivity index (χ1v) is 15.0. The summed E-state index contributed by atoms with van der Waals surface area (Å²) in [6.45, 7) is 13.6. The summed E-state index contributed by atoms with van der Waals surface area (Å²) in [5.74, 6) is -3.80. The van der Waals surface area contributed by atoms with Crippen molar-refractivity contribution in [1.29, 1.82) is 0 Å². The largest absolute Gasteiger partial charge is 0.397 e. The molecule has 2 aliphatic heterocycles. The highest BCUT2D eigenvalue weighted by Gasteiger charge is 2.35. The molecular weight excluding hydrogens is 630 g/mol. The number of anilines is 2. The highest BCUT2D eigenvalue weighted by Crippen LogP contribution is 2.42. The van der Waals surface area contributed by atoms with E-state index in [-0.39, 0.29) is 59.9 Å². The van der Waals surface area contributed by atoms with Gasteiger partial charge in [0.05, 0.1) is 28.4 Å². The van der Waals surface area contributed by atoms with E-state index < -0.39 is 50.1 Å². The number of nitrogens with zero attached hydrogens (tertiary/aromatic N) is 5. The third-order valence-electron chi connectivity index (χ3n) is 8.20. The van der Waals surface area contributed by atoms with Crippen molar-refractivity contribution in [3.63, 3.8) is 0 Å². The summed E-state index contributed by atoms with van der Waals surface area (Å²) in [7, 11) is 0. The summed E-state index contributed by atoms with van der Waals surface area (Å²) in [6.07, 6.45) is 4.79. The van der Waals surface area contributed by atoms with Crippen LogP contribution in [0.25, 0.3) is 28.0 Å². The number of benzene rings is 1. The van der Waals surface area contributed by atoms with Gasteiger partial charge in [0.15, 0.2) is 23.1 Å². The summed E-state index contributed by atoms with van der Waals surface area (Å²) >= 11 is 11.9. The molecule has 4 heterocycles. The second kappa shape index (κ2) is 12.1. The second-order valence-electron chi connectivity index (χ2n) is 11.6. The number of nitrogen functional groups attached to an aromatic ring is 1. The molecule has 3 atom stereocenters. The molecule has 1 aromatic carbocycles. The molecule has 0 bridgehead atoms. The monoisotopic (exact) mass is 661 g/mol. The topological polar surface area (TPSA) is 109 Å². The summed E-state index contributed by atoms with van der Waals surface area (Å²) < 4.78 is 47.3. The first-order chi connectivity index (χ1) is 21.2. The van der Waals surface area contributed by atoms with Gasteiger partial charge < -0.3 is 20.9 Å². The molecule has 2 aromatic heterocycles. The van der Waals surface area contributed by atoms with Crippen molar-refractivity contribution >= 4 is 57.3 Å². The van der Waals surface area contributed by atoms with Crippen LogP contribution in [-0.2, 0) is 4.79 Å². The Morgan fingerprint density at radius 1 is 1.13 bits per heavy atom. The van der Waals surface area contributed by atoms with Gasteiger partial charge in [-0.2, -0.15) is 4.98 Å². The van der Waals surface area contributed by atoms with E-state index >= 15 is 8.78 Å². The lowest BCUT2D eigenvalue weighted by Crippen LogP contribution is -2.58. The van der Waals surface area contributed by atoms with Crippen LogP contribution in [0.3, 0.4) is 0 Å². The lowest BCUT2D eigenvalue weighted by molar-refractivity contribution is -0.130. The Hall–Kier alpha value is -4.03. The highest BCUT2D eigenvalue weighted by molar-refractivity contribution is 6.37. The van der Waals surface area contributed by atoms with Crippen LogP contribution in [0.5, 0.6) is 0 Å². The Bertz CT molecular complexity index is 1830. The molecule has 1 saturated heterocycles. The first-order valence-electron chi connectivity index (χ1n) is 14.3. The molecule has 1 fully saturated rings. The minimum atomic E-state index is -1.35. The van der Waals surface area contributed by atoms with Crippen molar-refractivity contribution in [2.45, 2.75) is 52.7 Å². The van der Waals surface area contributed by atoms with Gasteiger partial charge in [-0.3, -0.25) is 4.79 Å². The molecule has 0 radical (unpaired) electrons. The molecule has 3 aromatic rings. The van der Waals surface area contributed by atoms with Crippen molar-refractivity contribution in [1.82, 2.24) is 24.8 Å². The lowest BCUT2D eigenvalue weighted by Gasteiger charge is -2.44. The maximum absolute atomic E-state index is 16.1. The predicted octanol–water partition coefficient (Wildman–Crippen LogP) is 5.75. The number of carbonyl (C=O) groups is 1. The molecule has 14 heteroatoms. The molecule has 1 amide bonds. The number of nitrogens with two attached hydrogens (primary N) is 1. The number of hydrogen-bond donors (Lipinski definition) is 2. The molecule has 45 heavy (non-hydrogen) atoms. The second-order valence-corrected chi connectivity index (χ2v) is 12.4. The standard InChI is InChI=1S/C31H32Cl2F3N7O2/c1-7-19(44)42-15(5)11-41(12-16(42)6)29-17-10-18(34)27(20-23(35)21(32)24(36)22(33)25(20)37)39-30(17)43(31(45)40-29)28-14(4)8-9-38-26(28)13(2)3/h7-10,13,15-16,26,38H,1,11-12,37H2,2-6H3/t15-,16+,26-/m1/s1. The van der Waals surface area contributed by atoms with Crippen LogP contribution < -0.4 is 21.6 Å². The quantitative estimate of drug-likeness (QED) is 0.155. The van der Waals surface area contributed by atoms with E-state index in [2.05, 4.69) is 21.9 Å². The number of pyridine rings is 1. The zero-order valence-corrected chi connectivity index (χ0v) is 26.8. The number of piperazine rings is 1. The first kappa shape index (κ1) is 32.4. The van der Waals surface area contributed by atoms with Gasteiger partial charge in [0, 0.05) is 25.2 Å². The van der Waals surface area contributed by atoms with E-state index in [9.17, 15) is 14.0 Å². The van der Waals surface area contributed by atoms with Gasteiger partial charge >= 0.3 is 5.69 Å². The molecular formula is C31H32Cl2F3N7O2. The Labute approximate surface area is 267 Å². The third kappa shape index (κ3) is 5.33. The molecule has 0 saturated carbocycles. The van der Waals surface area contributed by atoms with Crippen LogP contribution in [-0.4, -0.2) is 56.6 Å². The zero-order chi connectivity index (χ0) is 33.1. The minimum Gasteiger partial charge on any atom is -0.397 e. The number of amides is 1. The van der Waals surface area contributed by atoms with Crippen LogP contribution in [0.4, 0.5) is 24.7 Å². The van der Waals surface area contributed by atoms with Crippen molar-refractivity contribution in [2.75, 3.05) is 23.7 Å². The van der Waals surface area contributed by atoms with Crippen LogP contribution >= 0.6 is 23.2 Å². The number of allylic oxidation sites excluding steroid dienone is 2. The average molecular weight is 663 g/mol. The average Bonchev–Trinajstić information content (AvgIpc) is 2.99. The summed E-state index contributed by atoms with van der Waals surface area (Å²) in [6, 6.07) is 0.0963. The predicted molar refractivity (Wildman–Crippen MR) is 172 cm³/mol. The number of rotatable bonds is 5. The van der Waals surface area contributed by atoms with Gasteiger partial charge in [-0.05, 0) is 56.7 Å². The molecule has 9 nitrogen and oxygen atoms in total. The van der Waals surface area contributed by atoms with Gasteiger partial charge in [-0.15, -0.1) is 0 Å². The SMILES string of the molecule is C=CC(=O)N1[C@H](C)CN(c2nc(=O)n(C3=C(C)C=CN[C@@H]3C(C)C)c3nc(-c4c(N)c(Cl)c(F)c(Cl)c4F)c(F)cc23)C[C@@H]1C. The fourth-order valence-electron chi connectivity index (χ4n) is 6.16. The van der Waals surface area contributed by atoms with Crippen molar-refractivity contribution in [3.8, 4) is 11.3 Å². The number of carbonyl (C=O) groups excluding carboxylic acids is 1. The van der Waals surface area contributed by atoms with Gasteiger partial charge in [0.25, 0.3) is 0 Å². The summed E-state index contributed by atoms with van der Waals surface area (Å²) in [5.41, 5.74) is 4.59. The van der Waals surface area contributed by atoms with E-state index in [1.54, 1.807) is 22.1 Å². The smallest absolute Gasteiger partial charge is 0.355 e. The Morgan fingerprint density at radius 3 is 2.38 bits per heavy atom. The number of fused-ring (bicyclic) bond motifs is 1. The molecule has 0 aliphatic carbocycles. The number of nitrogens with one attached hydrogen (secondary N) is 1. The Kier molecular flexibility index (Phi) is 8.67. The fraction of sp³-hybridized carbons (Fsp3) is 0.355. The lowest BCUT2D eigenvalue weighted by atomic mass is 9.95. The zero-order valence-electron chi connectivity index (χ0n) is 25.3. The highest BCUT2D eigenvalue weighted by atomic mass is 35.5. The maximum atomic E-state index is 16.1. The summed E-state index contributed by atoms with van der Waals surface area (Å²) in [5, 5.41) is 1.73. The van der Waals surface area contributed by atoms with E-state index in [4.69, 9.17) is 28.9 Å². The van der Waals surface area contributed by atoms with Crippen molar-refractivity contribution < 1.29 is 18.0 Å². The van der Waals surface area contributed by atoms with E-state index in [0.29, 0.717) is 5.70 Å². The molecule has 0 spiro atoms. The number of dihydropyridines is 1. The third-order valence-corrected chi connectivity index (χ3v) is 8.91. The number of hydrogen-bond acceptors (Lipinski definition) is 7. The normalized spacial score (nSPS) is 20.3. The minimum absolute atomic E-state index is 0.0126. The fourth-order valence-corrected chi connectivity index (χ4v) is 6.59. The van der Waals surface area contributed by atoms with Crippen LogP contribution in [0.1, 0.15) is 34.6 Å². The van der Waals surface area contributed by atoms with Crippen LogP contribution in [0, 0.1) is 23.4 Å². The maximum Gasteiger partial charge on any atom is 0.355 e. The Morgan fingerprint density at radius 2 is 1.78 bits per heavy atom. The number of halogens is 5. The Balaban J connectivity index is 1.85. The number of aromatic nitrogens is 3. The molecule has 2 aliphatic rings. The van der Waals surface area contributed by atoms with Gasteiger partial charge in [0.2, 0.25) is 5.91 Å². The molecule has 238 valence electrons. The van der Waals surface area contributed by atoms with E-state index in [0.717, 1.165) is 11.6 Å². The van der Waals surface area contributed by atoms with Crippen LogP contribution in [0.2, 0.25) is 10.0 Å². The van der Waals surface area contributed by atoms with Crippen LogP contribution in [0.15, 0.2) is 41.4 Å². The van der Waals surface area contributed by atoms with Crippen molar-refractivity contribution in [3.05, 3.63) is 74.6 Å². The molecule has 3 N–H and O–H groups in total. The van der Waals surface area contributed by atoms with E-state index in [1.165, 1.54) is 10.6 Å². The molecule has 5 rings (SSSR count). The van der Waals surface area contributed by atoms with Gasteiger partial charge in [-0.1, -0.05) is 43.6 Å². The van der Waals surface area contributed by atoms with E-state index in [1.807, 2.05) is 34.6 Å². The van der Waals surface area contributed by atoms with Gasteiger partial charge in [-0.25, -0.2) is 27.5 Å². The summed E-state index contributed by atoms with van der Waals surface area (Å²) in [4.78, 5) is 39.0. The van der Waals surface area contributed by atoms with Gasteiger partial charge in [0.1, 0.15) is 21.6 Å². The van der Waals surface area contributed by atoms with Crippen molar-refractivity contribution in [2.24, 2.45) is 5.92 Å². The molecule has 0 unspecified atom stereocenters.